The molecule has 0 saturated heterocycles. The zero-order valence-electron chi connectivity index (χ0n) is 24.8. The minimum Gasteiger partial charge on any atom is -0.447 e. The van der Waals surface area contributed by atoms with E-state index in [1.807, 2.05) is 18.3 Å². The van der Waals surface area contributed by atoms with E-state index in [1.165, 1.54) is 42.2 Å². The average Bonchev–Trinajstić information content (AvgIpc) is 3.81. The van der Waals surface area contributed by atoms with Crippen LogP contribution in [-0.2, 0) is 5.41 Å². The molecule has 4 nitrogen and oxygen atoms in total. The van der Waals surface area contributed by atoms with E-state index in [2.05, 4.69) is 133 Å². The number of benzene rings is 4. The number of hydrogen-bond donors (Lipinski definition) is 0. The predicted molar refractivity (Wildman–Crippen MR) is 189 cm³/mol. The molecule has 4 aromatic carbocycles. The molecule has 3 aromatic heterocycles. The Morgan fingerprint density at radius 2 is 1.55 bits per heavy atom. The average molecular weight is 610 g/mol. The van der Waals surface area contributed by atoms with E-state index in [0.717, 1.165) is 34.4 Å². The summed E-state index contributed by atoms with van der Waals surface area (Å²) in [6.07, 6.45) is 6.18. The van der Waals surface area contributed by atoms with Crippen LogP contribution in [0.4, 0.5) is 11.4 Å². The molecule has 0 atom stereocenters. The molecule has 7 aromatic rings. The Morgan fingerprint density at radius 3 is 2.39 bits per heavy atom. The van der Waals surface area contributed by atoms with E-state index in [4.69, 9.17) is 9.72 Å². The van der Waals surface area contributed by atoms with Crippen molar-refractivity contribution in [1.82, 2.24) is 4.98 Å². The van der Waals surface area contributed by atoms with Gasteiger partial charge in [0.1, 0.15) is 5.75 Å². The van der Waals surface area contributed by atoms with E-state index in [9.17, 15) is 0 Å². The Bertz CT molecular complexity index is 2190. The van der Waals surface area contributed by atoms with Crippen molar-refractivity contribution >= 4 is 65.0 Å². The van der Waals surface area contributed by atoms with E-state index in [-0.39, 0.29) is 5.41 Å². The number of para-hydroxylation sites is 1. The third-order valence-electron chi connectivity index (χ3n) is 8.30. The number of rotatable bonds is 5. The zero-order chi connectivity index (χ0) is 29.8. The van der Waals surface area contributed by atoms with Gasteiger partial charge in [-0.3, -0.25) is 4.98 Å². The molecule has 0 fully saturated rings. The molecule has 1 aliphatic rings. The van der Waals surface area contributed by atoms with Gasteiger partial charge in [0.15, 0.2) is 5.06 Å². The summed E-state index contributed by atoms with van der Waals surface area (Å²) in [5.74, 6) is 0.819. The summed E-state index contributed by atoms with van der Waals surface area (Å²) in [5, 5.41) is 8.01. The number of nitrogens with zero attached hydrogens (tertiary/aromatic N) is 3. The first-order valence-corrected chi connectivity index (χ1v) is 16.5. The van der Waals surface area contributed by atoms with Crippen LogP contribution in [0.3, 0.4) is 0 Å². The van der Waals surface area contributed by atoms with Gasteiger partial charge in [-0.1, -0.05) is 62.4 Å². The Labute approximate surface area is 265 Å². The fraction of sp³-hybridized carbons (Fsp3) is 0.132. The molecule has 0 saturated carbocycles. The summed E-state index contributed by atoms with van der Waals surface area (Å²) in [6, 6.07) is 34.4. The molecule has 0 unspecified atom stereocenters. The van der Waals surface area contributed by atoms with Gasteiger partial charge in [0.25, 0.3) is 0 Å². The van der Waals surface area contributed by atoms with Gasteiger partial charge in [-0.2, -0.15) is 0 Å². The summed E-state index contributed by atoms with van der Waals surface area (Å²) < 4.78 is 9.12. The van der Waals surface area contributed by atoms with Crippen LogP contribution in [0.25, 0.3) is 42.2 Å². The van der Waals surface area contributed by atoms with Crippen LogP contribution in [0.5, 0.6) is 10.8 Å². The number of hydrogen-bond acceptors (Lipinski definition) is 6. The number of aromatic nitrogens is 1. The molecule has 0 bridgehead atoms. The van der Waals surface area contributed by atoms with E-state index < -0.39 is 0 Å². The van der Waals surface area contributed by atoms with E-state index >= 15 is 0 Å². The molecular weight excluding hydrogens is 579 g/mol. The van der Waals surface area contributed by atoms with Crippen molar-refractivity contribution in [3.63, 3.8) is 0 Å². The van der Waals surface area contributed by atoms with Gasteiger partial charge >= 0.3 is 0 Å². The highest BCUT2D eigenvalue weighted by Crippen LogP contribution is 2.46. The maximum Gasteiger partial charge on any atom is 0.182 e. The number of fused-ring (bicyclic) bond motifs is 5. The molecule has 8 rings (SSSR count). The fourth-order valence-corrected chi connectivity index (χ4v) is 7.82. The largest absolute Gasteiger partial charge is 0.447 e. The summed E-state index contributed by atoms with van der Waals surface area (Å²) in [4.78, 5) is 9.34. The maximum atomic E-state index is 6.60. The zero-order valence-corrected chi connectivity index (χ0v) is 26.5. The van der Waals surface area contributed by atoms with Crippen LogP contribution in [0, 0.1) is 0 Å². The lowest BCUT2D eigenvalue weighted by Crippen LogP contribution is -2.24. The number of ether oxygens (including phenoxy) is 1. The minimum absolute atomic E-state index is 0.0326. The van der Waals surface area contributed by atoms with Crippen molar-refractivity contribution in [1.29, 1.82) is 0 Å². The number of pyridine rings is 1. The van der Waals surface area contributed by atoms with E-state index in [0.29, 0.717) is 0 Å². The lowest BCUT2D eigenvalue weighted by Gasteiger charge is -2.21. The number of anilines is 2. The van der Waals surface area contributed by atoms with Gasteiger partial charge in [-0.15, -0.1) is 11.3 Å². The second-order valence-electron chi connectivity index (χ2n) is 12.2. The summed E-state index contributed by atoms with van der Waals surface area (Å²) in [6.45, 7) is 7.50. The highest BCUT2D eigenvalue weighted by atomic mass is 32.1. The summed E-state index contributed by atoms with van der Waals surface area (Å²) in [5.41, 5.74) is 5.70. The van der Waals surface area contributed by atoms with Crippen molar-refractivity contribution in [2.45, 2.75) is 26.2 Å². The molecule has 1 aliphatic heterocycles. The third kappa shape index (κ3) is 4.80. The normalized spacial score (nSPS) is 13.5. The fourth-order valence-electron chi connectivity index (χ4n) is 5.93. The quantitative estimate of drug-likeness (QED) is 0.194. The molecular formula is C38H31N3OS2. The first kappa shape index (κ1) is 26.9. The van der Waals surface area contributed by atoms with Crippen LogP contribution in [0.2, 0.25) is 0 Å². The SMILES string of the molecule is CC(C)(C)c1ccnc(-c2cc3c4ccsc4ccc3c3sc(Oc4cccc(N5C=CN(c6ccccc6)C5)c4)cc23)c1. The van der Waals surface area contributed by atoms with Crippen molar-refractivity contribution in [2.75, 3.05) is 16.5 Å². The Balaban J connectivity index is 1.19. The van der Waals surface area contributed by atoms with Gasteiger partial charge < -0.3 is 14.5 Å². The highest BCUT2D eigenvalue weighted by Gasteiger charge is 2.20. The monoisotopic (exact) mass is 609 g/mol. The van der Waals surface area contributed by atoms with Crippen molar-refractivity contribution in [3.8, 4) is 22.1 Å². The molecule has 0 N–H and O–H groups in total. The molecule has 0 aliphatic carbocycles. The Morgan fingerprint density at radius 1 is 0.727 bits per heavy atom. The van der Waals surface area contributed by atoms with Crippen molar-refractivity contribution < 1.29 is 4.74 Å². The second-order valence-corrected chi connectivity index (χ2v) is 14.2. The summed E-state index contributed by atoms with van der Waals surface area (Å²) >= 11 is 3.49. The van der Waals surface area contributed by atoms with E-state index in [1.54, 1.807) is 22.7 Å². The molecule has 0 radical (unpaired) electrons. The van der Waals surface area contributed by atoms with Crippen molar-refractivity contribution in [2.24, 2.45) is 0 Å². The van der Waals surface area contributed by atoms with Crippen LogP contribution in [0.1, 0.15) is 26.3 Å². The van der Waals surface area contributed by atoms with Gasteiger partial charge in [-0.05, 0) is 76.3 Å². The molecule has 44 heavy (non-hydrogen) atoms. The van der Waals surface area contributed by atoms with Gasteiger partial charge in [0, 0.05) is 73.2 Å². The standard InChI is InChI=1S/C38H31N3OS2/c1-38(2,3)25-14-16-39-34(20-25)32-22-31-29-15-19-43-35(29)13-12-30(31)37-33(32)23-36(44-37)42-28-11-7-10-27(21-28)41-18-17-40(24-41)26-8-5-4-6-9-26/h4-23H,24H2,1-3H3. The molecule has 0 spiro atoms. The topological polar surface area (TPSA) is 28.6 Å². The maximum absolute atomic E-state index is 6.60. The van der Waals surface area contributed by atoms with Crippen LogP contribution in [-0.4, -0.2) is 11.7 Å². The van der Waals surface area contributed by atoms with Crippen LogP contribution < -0.4 is 14.5 Å². The molecule has 0 amide bonds. The Hall–Kier alpha value is -4.65. The minimum atomic E-state index is 0.0326. The number of thiophene rings is 2. The lowest BCUT2D eigenvalue weighted by atomic mass is 9.86. The van der Waals surface area contributed by atoms with Gasteiger partial charge in [-0.25, -0.2) is 0 Å². The van der Waals surface area contributed by atoms with Crippen molar-refractivity contribution in [3.05, 3.63) is 127 Å². The van der Waals surface area contributed by atoms with Crippen LogP contribution in [0.15, 0.2) is 121 Å². The van der Waals surface area contributed by atoms with Crippen LogP contribution >= 0.6 is 22.7 Å². The lowest BCUT2D eigenvalue weighted by molar-refractivity contribution is 0.497. The van der Waals surface area contributed by atoms with Gasteiger partial charge in [0.05, 0.1) is 12.4 Å². The highest BCUT2D eigenvalue weighted by molar-refractivity contribution is 7.22. The summed E-state index contributed by atoms with van der Waals surface area (Å²) in [7, 11) is 0. The van der Waals surface area contributed by atoms with Gasteiger partial charge in [0.2, 0.25) is 0 Å². The predicted octanol–water partition coefficient (Wildman–Crippen LogP) is 11.2. The first-order chi connectivity index (χ1) is 21.4. The molecule has 4 heterocycles. The second kappa shape index (κ2) is 10.5. The third-order valence-corrected chi connectivity index (χ3v) is 10.2. The Kier molecular flexibility index (Phi) is 6.43. The molecule has 216 valence electrons. The first-order valence-electron chi connectivity index (χ1n) is 14.8. The molecule has 6 heteroatoms. The smallest absolute Gasteiger partial charge is 0.182 e.